The molecule has 0 fully saturated rings. The number of carbonyl (C=O) groups is 2. The van der Waals surface area contributed by atoms with E-state index < -0.39 is 12.0 Å². The van der Waals surface area contributed by atoms with Crippen molar-refractivity contribution in [1.29, 1.82) is 0 Å². The number of nitrogens with zero attached hydrogens (tertiary/aromatic N) is 2. The van der Waals surface area contributed by atoms with Gasteiger partial charge < -0.3 is 10.4 Å². The zero-order valence-corrected chi connectivity index (χ0v) is 14.6. The maximum absolute atomic E-state index is 12.6. The SMILES string of the molecule is CCCn1cc(C(=O)N[C@H](CC(=O)O)c2cccc3ccccc23)cn1. The minimum Gasteiger partial charge on any atom is -0.481 e. The lowest BCUT2D eigenvalue weighted by Crippen LogP contribution is -2.30. The molecule has 0 bridgehead atoms. The van der Waals surface area contributed by atoms with E-state index in [0.29, 0.717) is 5.56 Å². The Balaban J connectivity index is 1.90. The van der Waals surface area contributed by atoms with Crippen LogP contribution in [-0.2, 0) is 11.3 Å². The molecule has 0 radical (unpaired) electrons. The number of aromatic nitrogens is 2. The van der Waals surface area contributed by atoms with Crippen molar-refractivity contribution < 1.29 is 14.7 Å². The van der Waals surface area contributed by atoms with Gasteiger partial charge in [-0.3, -0.25) is 14.3 Å². The van der Waals surface area contributed by atoms with Crippen molar-refractivity contribution in [1.82, 2.24) is 15.1 Å². The van der Waals surface area contributed by atoms with E-state index in [2.05, 4.69) is 10.4 Å². The average molecular weight is 351 g/mol. The molecule has 0 unspecified atom stereocenters. The van der Waals surface area contributed by atoms with Crippen molar-refractivity contribution >= 4 is 22.6 Å². The Morgan fingerprint density at radius 2 is 1.96 bits per heavy atom. The molecule has 1 amide bonds. The molecule has 1 atom stereocenters. The summed E-state index contributed by atoms with van der Waals surface area (Å²) in [6, 6.07) is 12.8. The summed E-state index contributed by atoms with van der Waals surface area (Å²) in [5.74, 6) is -1.29. The smallest absolute Gasteiger partial charge is 0.305 e. The van der Waals surface area contributed by atoms with Crippen LogP contribution >= 0.6 is 0 Å². The quantitative estimate of drug-likeness (QED) is 0.683. The summed E-state index contributed by atoms with van der Waals surface area (Å²) in [7, 11) is 0. The third kappa shape index (κ3) is 3.91. The van der Waals surface area contributed by atoms with Gasteiger partial charge in [0.1, 0.15) is 0 Å². The molecular formula is C20H21N3O3. The fourth-order valence-electron chi connectivity index (χ4n) is 3.04. The van der Waals surface area contributed by atoms with Gasteiger partial charge in [-0.2, -0.15) is 5.10 Å². The lowest BCUT2D eigenvalue weighted by molar-refractivity contribution is -0.137. The highest BCUT2D eigenvalue weighted by Crippen LogP contribution is 2.26. The molecule has 0 spiro atoms. The molecule has 0 aliphatic rings. The van der Waals surface area contributed by atoms with Gasteiger partial charge in [-0.05, 0) is 22.8 Å². The van der Waals surface area contributed by atoms with Crippen LogP contribution in [-0.4, -0.2) is 26.8 Å². The Hall–Kier alpha value is -3.15. The van der Waals surface area contributed by atoms with E-state index in [1.807, 2.05) is 49.4 Å². The van der Waals surface area contributed by atoms with Crippen molar-refractivity contribution in [3.63, 3.8) is 0 Å². The molecule has 6 heteroatoms. The summed E-state index contributed by atoms with van der Waals surface area (Å²) in [6.07, 6.45) is 3.91. The first-order chi connectivity index (χ1) is 12.6. The second-order valence-electron chi connectivity index (χ2n) is 6.18. The summed E-state index contributed by atoms with van der Waals surface area (Å²) in [5, 5.41) is 18.3. The molecule has 26 heavy (non-hydrogen) atoms. The van der Waals surface area contributed by atoms with Gasteiger partial charge in [0.25, 0.3) is 5.91 Å². The normalized spacial score (nSPS) is 12.0. The summed E-state index contributed by atoms with van der Waals surface area (Å²) in [4.78, 5) is 24.0. The van der Waals surface area contributed by atoms with Crippen LogP contribution in [0, 0.1) is 0 Å². The lowest BCUT2D eigenvalue weighted by Gasteiger charge is -2.19. The molecule has 0 saturated carbocycles. The van der Waals surface area contributed by atoms with Crippen molar-refractivity contribution in [2.75, 3.05) is 0 Å². The second kappa shape index (κ2) is 7.82. The Morgan fingerprint density at radius 3 is 2.73 bits per heavy atom. The van der Waals surface area contributed by atoms with Crippen LogP contribution in [0.5, 0.6) is 0 Å². The number of carboxylic acids is 1. The lowest BCUT2D eigenvalue weighted by atomic mass is 9.96. The largest absolute Gasteiger partial charge is 0.481 e. The van der Waals surface area contributed by atoms with Gasteiger partial charge in [0.05, 0.1) is 24.2 Å². The predicted molar refractivity (Wildman–Crippen MR) is 98.9 cm³/mol. The van der Waals surface area contributed by atoms with Crippen LogP contribution in [0.2, 0.25) is 0 Å². The second-order valence-corrected chi connectivity index (χ2v) is 6.18. The van der Waals surface area contributed by atoms with Gasteiger partial charge in [-0.1, -0.05) is 49.4 Å². The predicted octanol–water partition coefficient (Wildman–Crippen LogP) is 3.39. The Kier molecular flexibility index (Phi) is 5.31. The maximum atomic E-state index is 12.6. The third-order valence-corrected chi connectivity index (χ3v) is 4.23. The van der Waals surface area contributed by atoms with Crippen molar-refractivity contribution in [2.24, 2.45) is 0 Å². The van der Waals surface area contributed by atoms with E-state index in [-0.39, 0.29) is 12.3 Å². The van der Waals surface area contributed by atoms with E-state index in [1.165, 1.54) is 6.20 Å². The molecule has 0 saturated heterocycles. The molecule has 2 aromatic carbocycles. The van der Waals surface area contributed by atoms with Crippen LogP contribution in [0.25, 0.3) is 10.8 Å². The number of amides is 1. The number of aryl methyl sites for hydroxylation is 1. The third-order valence-electron chi connectivity index (χ3n) is 4.23. The fourth-order valence-corrected chi connectivity index (χ4v) is 3.04. The number of fused-ring (bicyclic) bond motifs is 1. The van der Waals surface area contributed by atoms with Gasteiger partial charge in [-0.15, -0.1) is 0 Å². The standard InChI is InChI=1S/C20H21N3O3/c1-2-10-23-13-15(12-21-23)20(26)22-18(11-19(24)25)17-9-5-7-14-6-3-4-8-16(14)17/h3-9,12-13,18H,2,10-11H2,1H3,(H,22,26)(H,24,25)/t18-/m1/s1. The minimum absolute atomic E-state index is 0.192. The van der Waals surface area contributed by atoms with Gasteiger partial charge >= 0.3 is 5.97 Å². The van der Waals surface area contributed by atoms with E-state index in [1.54, 1.807) is 10.9 Å². The first-order valence-electron chi connectivity index (χ1n) is 8.61. The first-order valence-corrected chi connectivity index (χ1v) is 8.61. The molecule has 3 aromatic rings. The number of nitrogens with one attached hydrogen (secondary N) is 1. The summed E-state index contributed by atoms with van der Waals surface area (Å²) in [6.45, 7) is 2.76. The number of aliphatic carboxylic acids is 1. The van der Waals surface area contributed by atoms with Crippen LogP contribution in [0.3, 0.4) is 0 Å². The van der Waals surface area contributed by atoms with Gasteiger partial charge in [0, 0.05) is 12.7 Å². The summed E-state index contributed by atoms with van der Waals surface area (Å²) in [5.41, 5.74) is 1.22. The van der Waals surface area contributed by atoms with E-state index in [0.717, 1.165) is 29.3 Å². The van der Waals surface area contributed by atoms with Gasteiger partial charge in [0.15, 0.2) is 0 Å². The maximum Gasteiger partial charge on any atom is 0.305 e. The number of hydrogen-bond donors (Lipinski definition) is 2. The highest BCUT2D eigenvalue weighted by molar-refractivity contribution is 5.95. The zero-order valence-electron chi connectivity index (χ0n) is 14.6. The highest BCUT2D eigenvalue weighted by Gasteiger charge is 2.21. The Morgan fingerprint density at radius 1 is 1.19 bits per heavy atom. The Labute approximate surface area is 151 Å². The molecule has 1 heterocycles. The number of benzene rings is 2. The van der Waals surface area contributed by atoms with Crippen LogP contribution in [0.15, 0.2) is 54.9 Å². The van der Waals surface area contributed by atoms with Crippen molar-refractivity contribution in [2.45, 2.75) is 32.4 Å². The monoisotopic (exact) mass is 351 g/mol. The molecule has 6 nitrogen and oxygen atoms in total. The van der Waals surface area contributed by atoms with E-state index in [9.17, 15) is 14.7 Å². The number of rotatable bonds is 7. The molecule has 0 aliphatic carbocycles. The fraction of sp³-hybridized carbons (Fsp3) is 0.250. The summed E-state index contributed by atoms with van der Waals surface area (Å²) >= 11 is 0. The first kappa shape index (κ1) is 17.7. The van der Waals surface area contributed by atoms with Gasteiger partial charge in [-0.25, -0.2) is 0 Å². The van der Waals surface area contributed by atoms with Crippen LogP contribution in [0.4, 0.5) is 0 Å². The zero-order chi connectivity index (χ0) is 18.5. The van der Waals surface area contributed by atoms with Crippen LogP contribution < -0.4 is 5.32 Å². The van der Waals surface area contributed by atoms with Crippen molar-refractivity contribution in [3.05, 3.63) is 66.0 Å². The number of carboxylic acid groups (broad SMARTS) is 1. The van der Waals surface area contributed by atoms with E-state index in [4.69, 9.17) is 0 Å². The Bertz CT molecular complexity index is 927. The molecular weight excluding hydrogens is 330 g/mol. The highest BCUT2D eigenvalue weighted by atomic mass is 16.4. The molecule has 0 aliphatic heterocycles. The molecule has 3 rings (SSSR count). The molecule has 1 aromatic heterocycles. The summed E-state index contributed by atoms with van der Waals surface area (Å²) < 4.78 is 1.71. The minimum atomic E-state index is -0.968. The number of hydrogen-bond acceptors (Lipinski definition) is 3. The molecule has 2 N–H and O–H groups in total. The molecule has 134 valence electrons. The average Bonchev–Trinajstić information content (AvgIpc) is 3.09. The van der Waals surface area contributed by atoms with Crippen molar-refractivity contribution in [3.8, 4) is 0 Å². The van der Waals surface area contributed by atoms with Crippen LogP contribution in [0.1, 0.15) is 41.7 Å². The topological polar surface area (TPSA) is 84.2 Å². The van der Waals surface area contributed by atoms with Gasteiger partial charge in [0.2, 0.25) is 0 Å². The number of carbonyl (C=O) groups excluding carboxylic acids is 1. The van der Waals surface area contributed by atoms with E-state index >= 15 is 0 Å².